The Bertz CT molecular complexity index is 399. The Balaban J connectivity index is 1.81. The molecule has 1 aromatic rings. The third kappa shape index (κ3) is 4.27. The summed E-state index contributed by atoms with van der Waals surface area (Å²) in [5, 5.41) is 3.42. The molecule has 1 heterocycles. The molecule has 0 amide bonds. The van der Waals surface area contributed by atoms with Gasteiger partial charge in [-0.1, -0.05) is 19.1 Å². The zero-order valence-electron chi connectivity index (χ0n) is 11.7. The number of rotatable bonds is 5. The number of halogens is 1. The van der Waals surface area contributed by atoms with E-state index in [4.69, 9.17) is 4.74 Å². The van der Waals surface area contributed by atoms with Crippen LogP contribution in [0.25, 0.3) is 0 Å². The predicted molar refractivity (Wildman–Crippen MR) is 74.7 cm³/mol. The Kier molecular flexibility index (Phi) is 5.31. The van der Waals surface area contributed by atoms with Gasteiger partial charge >= 0.3 is 0 Å². The van der Waals surface area contributed by atoms with Gasteiger partial charge in [-0.25, -0.2) is 4.39 Å². The summed E-state index contributed by atoms with van der Waals surface area (Å²) in [6.45, 7) is 8.88. The molecular weight excluding hydrogens is 243 g/mol. The van der Waals surface area contributed by atoms with Crippen molar-refractivity contribution in [2.45, 2.75) is 26.0 Å². The minimum atomic E-state index is -0.183. The van der Waals surface area contributed by atoms with Crippen LogP contribution in [0.2, 0.25) is 0 Å². The minimum Gasteiger partial charge on any atom is -0.374 e. The van der Waals surface area contributed by atoms with Gasteiger partial charge in [-0.15, -0.1) is 0 Å². The molecule has 0 saturated carbocycles. The van der Waals surface area contributed by atoms with E-state index in [9.17, 15) is 4.39 Å². The van der Waals surface area contributed by atoms with Crippen LogP contribution in [0, 0.1) is 5.82 Å². The van der Waals surface area contributed by atoms with E-state index in [2.05, 4.69) is 24.1 Å². The first-order valence-corrected chi connectivity index (χ1v) is 7.02. The highest BCUT2D eigenvalue weighted by atomic mass is 19.1. The Hall–Kier alpha value is -0.970. The van der Waals surface area contributed by atoms with Gasteiger partial charge in [0.15, 0.2) is 0 Å². The zero-order valence-corrected chi connectivity index (χ0v) is 11.7. The summed E-state index contributed by atoms with van der Waals surface area (Å²) < 4.78 is 18.9. The standard InChI is InChI=1S/C15H23FN2O/c1-3-18-7-8-19-15(11-18)10-17-12(2)13-5-4-6-14(16)9-13/h4-6,9,12,15,17H,3,7-8,10-11H2,1-2H3/t12-,15?/m0/s1. The summed E-state index contributed by atoms with van der Waals surface area (Å²) in [5.74, 6) is -0.183. The molecule has 106 valence electrons. The van der Waals surface area contributed by atoms with Crippen LogP contribution in [0.3, 0.4) is 0 Å². The van der Waals surface area contributed by atoms with Crippen LogP contribution in [0.15, 0.2) is 24.3 Å². The molecule has 1 saturated heterocycles. The van der Waals surface area contributed by atoms with Crippen molar-refractivity contribution in [2.75, 3.05) is 32.8 Å². The maximum Gasteiger partial charge on any atom is 0.123 e. The summed E-state index contributed by atoms with van der Waals surface area (Å²) in [4.78, 5) is 2.39. The lowest BCUT2D eigenvalue weighted by Crippen LogP contribution is -2.46. The summed E-state index contributed by atoms with van der Waals surface area (Å²) in [6.07, 6.45) is 0.227. The Morgan fingerprint density at radius 3 is 3.11 bits per heavy atom. The summed E-state index contributed by atoms with van der Waals surface area (Å²) in [5.41, 5.74) is 0.975. The number of hydrogen-bond acceptors (Lipinski definition) is 3. The summed E-state index contributed by atoms with van der Waals surface area (Å²) in [7, 11) is 0. The smallest absolute Gasteiger partial charge is 0.123 e. The van der Waals surface area contributed by atoms with Crippen LogP contribution >= 0.6 is 0 Å². The van der Waals surface area contributed by atoms with Gasteiger partial charge in [-0.05, 0) is 31.2 Å². The molecular formula is C15H23FN2O. The highest BCUT2D eigenvalue weighted by molar-refractivity contribution is 5.19. The van der Waals surface area contributed by atoms with Crippen molar-refractivity contribution in [3.05, 3.63) is 35.6 Å². The van der Waals surface area contributed by atoms with Crippen molar-refractivity contribution in [1.29, 1.82) is 0 Å². The number of likely N-dealkylation sites (N-methyl/N-ethyl adjacent to an activating group) is 1. The molecule has 1 aliphatic heterocycles. The van der Waals surface area contributed by atoms with E-state index < -0.39 is 0 Å². The number of morpholine rings is 1. The third-order valence-corrected chi connectivity index (χ3v) is 3.67. The van der Waals surface area contributed by atoms with Crippen molar-refractivity contribution >= 4 is 0 Å². The lowest BCUT2D eigenvalue weighted by atomic mass is 10.1. The highest BCUT2D eigenvalue weighted by Gasteiger charge is 2.19. The van der Waals surface area contributed by atoms with E-state index in [1.165, 1.54) is 6.07 Å². The van der Waals surface area contributed by atoms with E-state index in [0.717, 1.165) is 38.3 Å². The molecule has 2 rings (SSSR count). The van der Waals surface area contributed by atoms with Crippen LogP contribution in [0.4, 0.5) is 4.39 Å². The normalized spacial score (nSPS) is 22.4. The monoisotopic (exact) mass is 266 g/mol. The van der Waals surface area contributed by atoms with Gasteiger partial charge in [0.25, 0.3) is 0 Å². The maximum absolute atomic E-state index is 13.2. The van der Waals surface area contributed by atoms with Crippen LogP contribution in [-0.4, -0.2) is 43.8 Å². The van der Waals surface area contributed by atoms with Gasteiger partial charge in [0, 0.05) is 25.7 Å². The molecule has 0 bridgehead atoms. The topological polar surface area (TPSA) is 24.5 Å². The van der Waals surface area contributed by atoms with Crippen LogP contribution in [-0.2, 0) is 4.74 Å². The first kappa shape index (κ1) is 14.4. The molecule has 19 heavy (non-hydrogen) atoms. The largest absolute Gasteiger partial charge is 0.374 e. The maximum atomic E-state index is 13.2. The van der Waals surface area contributed by atoms with Crippen LogP contribution < -0.4 is 5.32 Å². The number of benzene rings is 1. The van der Waals surface area contributed by atoms with Crippen molar-refractivity contribution in [1.82, 2.24) is 10.2 Å². The quantitative estimate of drug-likeness (QED) is 0.884. The fourth-order valence-corrected chi connectivity index (χ4v) is 2.39. The van der Waals surface area contributed by atoms with Crippen molar-refractivity contribution < 1.29 is 9.13 Å². The highest BCUT2D eigenvalue weighted by Crippen LogP contribution is 2.14. The molecule has 0 aromatic heterocycles. The minimum absolute atomic E-state index is 0.135. The summed E-state index contributed by atoms with van der Waals surface area (Å²) >= 11 is 0. The molecule has 0 aliphatic carbocycles. The van der Waals surface area contributed by atoms with Crippen molar-refractivity contribution in [3.8, 4) is 0 Å². The second-order valence-electron chi connectivity index (χ2n) is 5.07. The van der Waals surface area contributed by atoms with E-state index >= 15 is 0 Å². The number of ether oxygens (including phenoxy) is 1. The molecule has 4 heteroatoms. The fraction of sp³-hybridized carbons (Fsp3) is 0.600. The van der Waals surface area contributed by atoms with Crippen LogP contribution in [0.5, 0.6) is 0 Å². The second kappa shape index (κ2) is 6.98. The van der Waals surface area contributed by atoms with Crippen molar-refractivity contribution in [2.24, 2.45) is 0 Å². The molecule has 1 aromatic carbocycles. The number of nitrogens with one attached hydrogen (secondary N) is 1. The zero-order chi connectivity index (χ0) is 13.7. The van der Waals surface area contributed by atoms with E-state index in [1.807, 2.05) is 6.07 Å². The van der Waals surface area contributed by atoms with Gasteiger partial charge < -0.3 is 10.1 Å². The van der Waals surface area contributed by atoms with E-state index in [1.54, 1.807) is 12.1 Å². The Morgan fingerprint density at radius 2 is 2.37 bits per heavy atom. The van der Waals surface area contributed by atoms with Gasteiger partial charge in [0.1, 0.15) is 5.82 Å². The summed E-state index contributed by atoms with van der Waals surface area (Å²) in [6, 6.07) is 6.88. The fourth-order valence-electron chi connectivity index (χ4n) is 2.39. The van der Waals surface area contributed by atoms with Crippen molar-refractivity contribution in [3.63, 3.8) is 0 Å². The molecule has 0 radical (unpaired) electrons. The molecule has 1 unspecified atom stereocenters. The Labute approximate surface area is 114 Å². The second-order valence-corrected chi connectivity index (χ2v) is 5.07. The first-order valence-electron chi connectivity index (χ1n) is 7.02. The molecule has 3 nitrogen and oxygen atoms in total. The average Bonchev–Trinajstić information content (AvgIpc) is 2.45. The SMILES string of the molecule is CCN1CCOC(CN[C@@H](C)c2cccc(F)c2)C1. The lowest BCUT2D eigenvalue weighted by molar-refractivity contribution is -0.0262. The molecule has 1 fully saturated rings. The van der Waals surface area contributed by atoms with Gasteiger partial charge in [-0.2, -0.15) is 0 Å². The van der Waals surface area contributed by atoms with E-state index in [0.29, 0.717) is 0 Å². The predicted octanol–water partition coefficient (Wildman–Crippen LogP) is 2.20. The average molecular weight is 266 g/mol. The first-order chi connectivity index (χ1) is 9.19. The lowest BCUT2D eigenvalue weighted by Gasteiger charge is -2.32. The van der Waals surface area contributed by atoms with Gasteiger partial charge in [0.05, 0.1) is 12.7 Å². The molecule has 1 N–H and O–H groups in total. The number of nitrogens with zero attached hydrogens (tertiary/aromatic N) is 1. The van der Waals surface area contributed by atoms with Gasteiger partial charge in [-0.3, -0.25) is 4.90 Å². The van der Waals surface area contributed by atoms with Gasteiger partial charge in [0.2, 0.25) is 0 Å². The molecule has 2 atom stereocenters. The van der Waals surface area contributed by atoms with E-state index in [-0.39, 0.29) is 18.0 Å². The van der Waals surface area contributed by atoms with Crippen LogP contribution in [0.1, 0.15) is 25.5 Å². The molecule has 1 aliphatic rings. The Morgan fingerprint density at radius 1 is 1.53 bits per heavy atom. The third-order valence-electron chi connectivity index (χ3n) is 3.67. The number of hydrogen-bond donors (Lipinski definition) is 1. The molecule has 0 spiro atoms.